The van der Waals surface area contributed by atoms with E-state index in [1.165, 1.54) is 19.4 Å². The Morgan fingerprint density at radius 1 is 1.35 bits per heavy atom. The lowest BCUT2D eigenvalue weighted by Gasteiger charge is -2.27. The van der Waals surface area contributed by atoms with Gasteiger partial charge in [0.25, 0.3) is 5.91 Å². The fourth-order valence-electron chi connectivity index (χ4n) is 2.28. The van der Waals surface area contributed by atoms with Crippen LogP contribution in [-0.2, 0) is 14.8 Å². The van der Waals surface area contributed by atoms with E-state index in [1.807, 2.05) is 6.92 Å². The molecule has 0 bridgehead atoms. The minimum Gasteiger partial charge on any atom is -0.494 e. The van der Waals surface area contributed by atoms with E-state index in [0.29, 0.717) is 23.8 Å². The van der Waals surface area contributed by atoms with Gasteiger partial charge < -0.3 is 9.15 Å². The third-order valence-corrected chi connectivity index (χ3v) is 4.64. The van der Waals surface area contributed by atoms with Gasteiger partial charge >= 0.3 is 0 Å². The SMILES string of the molecule is CCOc1ccc(N([C@H](C)C(=O)N/N=C\c2ccco2)S(C)(=O)=O)cc1. The summed E-state index contributed by atoms with van der Waals surface area (Å²) in [5.74, 6) is 0.501. The molecule has 0 radical (unpaired) electrons. The molecule has 0 spiro atoms. The molecule has 0 fully saturated rings. The van der Waals surface area contributed by atoms with Gasteiger partial charge in [-0.25, -0.2) is 13.8 Å². The zero-order valence-electron chi connectivity index (χ0n) is 14.7. The molecule has 8 nitrogen and oxygen atoms in total. The first kappa shape index (κ1) is 19.5. The number of hydrogen-bond donors (Lipinski definition) is 1. The predicted molar refractivity (Wildman–Crippen MR) is 98.8 cm³/mol. The topological polar surface area (TPSA) is 101 Å². The molecule has 0 aliphatic carbocycles. The van der Waals surface area contributed by atoms with Crippen molar-refractivity contribution >= 4 is 27.8 Å². The fraction of sp³-hybridized carbons (Fsp3) is 0.294. The molecule has 1 N–H and O–H groups in total. The third kappa shape index (κ3) is 5.09. The molecule has 1 amide bonds. The Kier molecular flexibility index (Phi) is 6.40. The standard InChI is InChI=1S/C17H21N3O5S/c1-4-24-15-9-7-14(8-10-15)20(26(3,22)23)13(2)17(21)19-18-12-16-6-5-11-25-16/h5-13H,4H2,1-3H3,(H,19,21)/b18-12-/t13-/m1/s1. The Morgan fingerprint density at radius 3 is 2.58 bits per heavy atom. The van der Waals surface area contributed by atoms with Gasteiger partial charge in [0, 0.05) is 0 Å². The Hall–Kier alpha value is -2.81. The highest BCUT2D eigenvalue weighted by atomic mass is 32.2. The molecular formula is C17H21N3O5S. The largest absolute Gasteiger partial charge is 0.494 e. The summed E-state index contributed by atoms with van der Waals surface area (Å²) in [6.07, 6.45) is 3.84. The molecule has 0 aliphatic rings. The molecule has 0 unspecified atom stereocenters. The van der Waals surface area contributed by atoms with E-state index in [0.717, 1.165) is 10.6 Å². The van der Waals surface area contributed by atoms with Gasteiger partial charge in [-0.3, -0.25) is 9.10 Å². The molecule has 0 saturated carbocycles. The van der Waals surface area contributed by atoms with E-state index in [1.54, 1.807) is 36.4 Å². The molecule has 26 heavy (non-hydrogen) atoms. The van der Waals surface area contributed by atoms with E-state index in [-0.39, 0.29) is 0 Å². The Labute approximate surface area is 152 Å². The van der Waals surface area contributed by atoms with Crippen LogP contribution in [0.3, 0.4) is 0 Å². The number of amides is 1. The van der Waals surface area contributed by atoms with Crippen molar-refractivity contribution in [2.24, 2.45) is 5.10 Å². The number of furan rings is 1. The van der Waals surface area contributed by atoms with E-state index in [2.05, 4.69) is 10.5 Å². The average Bonchev–Trinajstić information content (AvgIpc) is 3.09. The monoisotopic (exact) mass is 379 g/mol. The van der Waals surface area contributed by atoms with Crippen molar-refractivity contribution in [3.05, 3.63) is 48.4 Å². The fourth-order valence-corrected chi connectivity index (χ4v) is 3.46. The predicted octanol–water partition coefficient (Wildman–Crippen LogP) is 1.98. The number of hydrogen-bond acceptors (Lipinski definition) is 6. The number of carbonyl (C=O) groups is 1. The van der Waals surface area contributed by atoms with Crippen LogP contribution in [0.4, 0.5) is 5.69 Å². The molecule has 9 heteroatoms. The lowest BCUT2D eigenvalue weighted by Crippen LogP contribution is -2.46. The highest BCUT2D eigenvalue weighted by Crippen LogP contribution is 2.24. The molecule has 2 rings (SSSR count). The number of carbonyl (C=O) groups excluding carboxylic acids is 1. The lowest BCUT2D eigenvalue weighted by molar-refractivity contribution is -0.121. The average molecular weight is 379 g/mol. The first-order chi connectivity index (χ1) is 12.3. The summed E-state index contributed by atoms with van der Waals surface area (Å²) in [5.41, 5.74) is 2.67. The highest BCUT2D eigenvalue weighted by Gasteiger charge is 2.29. The van der Waals surface area contributed by atoms with E-state index in [4.69, 9.17) is 9.15 Å². The highest BCUT2D eigenvalue weighted by molar-refractivity contribution is 7.92. The number of nitrogens with zero attached hydrogens (tertiary/aromatic N) is 2. The summed E-state index contributed by atoms with van der Waals surface area (Å²) in [6, 6.07) is 8.82. The van der Waals surface area contributed by atoms with E-state index in [9.17, 15) is 13.2 Å². The van der Waals surface area contributed by atoms with Gasteiger partial charge in [0.1, 0.15) is 17.6 Å². The van der Waals surface area contributed by atoms with E-state index >= 15 is 0 Å². The van der Waals surface area contributed by atoms with Crippen LogP contribution in [-0.4, -0.2) is 39.4 Å². The second-order valence-corrected chi connectivity index (χ2v) is 7.27. The molecule has 1 aromatic heterocycles. The maximum Gasteiger partial charge on any atom is 0.263 e. The minimum atomic E-state index is -3.69. The third-order valence-electron chi connectivity index (χ3n) is 3.40. The maximum absolute atomic E-state index is 12.3. The summed E-state index contributed by atoms with van der Waals surface area (Å²) in [7, 11) is -3.69. The zero-order valence-corrected chi connectivity index (χ0v) is 15.6. The van der Waals surface area contributed by atoms with Crippen molar-refractivity contribution in [2.45, 2.75) is 19.9 Å². The van der Waals surface area contributed by atoms with Gasteiger partial charge in [-0.1, -0.05) is 0 Å². The maximum atomic E-state index is 12.3. The molecule has 1 atom stereocenters. The molecule has 1 aromatic carbocycles. The number of ether oxygens (including phenoxy) is 1. The number of anilines is 1. The molecule has 0 aliphatic heterocycles. The van der Waals surface area contributed by atoms with Crippen molar-refractivity contribution in [3.8, 4) is 5.75 Å². The van der Waals surface area contributed by atoms with Crippen LogP contribution in [0.5, 0.6) is 5.75 Å². The van der Waals surface area contributed by atoms with Gasteiger partial charge in [0.05, 0.1) is 31.0 Å². The van der Waals surface area contributed by atoms with Crippen molar-refractivity contribution in [1.29, 1.82) is 0 Å². The lowest BCUT2D eigenvalue weighted by atomic mass is 10.2. The number of hydrazone groups is 1. The second kappa shape index (κ2) is 8.52. The van der Waals surface area contributed by atoms with Crippen molar-refractivity contribution in [3.63, 3.8) is 0 Å². The summed E-state index contributed by atoms with van der Waals surface area (Å²) in [5, 5.41) is 3.77. The van der Waals surface area contributed by atoms with Crippen LogP contribution in [0.1, 0.15) is 19.6 Å². The number of nitrogens with one attached hydrogen (secondary N) is 1. The number of rotatable bonds is 8. The summed E-state index contributed by atoms with van der Waals surface area (Å²) in [6.45, 7) is 3.84. The molecule has 140 valence electrons. The van der Waals surface area contributed by atoms with Crippen molar-refractivity contribution in [1.82, 2.24) is 5.43 Å². The van der Waals surface area contributed by atoms with E-state index < -0.39 is 22.0 Å². The van der Waals surface area contributed by atoms with Crippen LogP contribution in [0.25, 0.3) is 0 Å². The summed E-state index contributed by atoms with van der Waals surface area (Å²) >= 11 is 0. The molecular weight excluding hydrogens is 358 g/mol. The van der Waals surface area contributed by atoms with Crippen LogP contribution in [0.2, 0.25) is 0 Å². The number of benzene rings is 1. The summed E-state index contributed by atoms with van der Waals surface area (Å²) < 4.78 is 35.9. The normalized spacial score (nSPS) is 12.7. The van der Waals surface area contributed by atoms with Gasteiger partial charge in [0.15, 0.2) is 0 Å². The van der Waals surface area contributed by atoms with Gasteiger partial charge in [-0.2, -0.15) is 5.10 Å². The smallest absolute Gasteiger partial charge is 0.263 e. The second-order valence-electron chi connectivity index (χ2n) is 5.41. The quantitative estimate of drug-likeness (QED) is 0.558. The Morgan fingerprint density at radius 2 is 2.04 bits per heavy atom. The van der Waals surface area contributed by atoms with Gasteiger partial charge in [0.2, 0.25) is 10.0 Å². The molecule has 0 saturated heterocycles. The van der Waals surface area contributed by atoms with Gasteiger partial charge in [-0.05, 0) is 50.2 Å². The van der Waals surface area contributed by atoms with Crippen LogP contribution in [0.15, 0.2) is 52.2 Å². The first-order valence-corrected chi connectivity index (χ1v) is 9.76. The first-order valence-electron chi connectivity index (χ1n) is 7.91. The van der Waals surface area contributed by atoms with Crippen LogP contribution < -0.4 is 14.5 Å². The zero-order chi connectivity index (χ0) is 19.2. The van der Waals surface area contributed by atoms with Gasteiger partial charge in [-0.15, -0.1) is 0 Å². The number of sulfonamides is 1. The van der Waals surface area contributed by atoms with Crippen LogP contribution >= 0.6 is 0 Å². The van der Waals surface area contributed by atoms with Crippen molar-refractivity contribution < 1.29 is 22.4 Å². The summed E-state index contributed by atoms with van der Waals surface area (Å²) in [4.78, 5) is 12.3. The molecule has 1 heterocycles. The van der Waals surface area contributed by atoms with Crippen LogP contribution in [0, 0.1) is 0 Å². The Bertz CT molecular complexity index is 845. The molecule has 2 aromatic rings. The minimum absolute atomic E-state index is 0.355. The van der Waals surface area contributed by atoms with Crippen molar-refractivity contribution in [2.75, 3.05) is 17.2 Å². The Balaban J connectivity index is 2.16.